The lowest BCUT2D eigenvalue weighted by Crippen LogP contribution is -2.20. The number of pyridine rings is 1. The summed E-state index contributed by atoms with van der Waals surface area (Å²) in [6.45, 7) is 0.308. The molecule has 0 aliphatic heterocycles. The van der Waals surface area contributed by atoms with Gasteiger partial charge in [-0.05, 0) is 18.6 Å². The number of nitro benzene ring substituents is 1. The molecule has 1 heterocycles. The first kappa shape index (κ1) is 19.0. The minimum atomic E-state index is -0.932. The average molecular weight is 380 g/mol. The molecule has 3 aromatic rings. The fraction of sp³-hybridized carbons (Fsp3) is 0.150. The largest absolute Gasteiger partial charge is 0.481 e. The smallest absolute Gasteiger partial charge is 0.303 e. The van der Waals surface area contributed by atoms with E-state index < -0.39 is 22.1 Å². The number of carbonyl (C=O) groups excluding carboxylic acids is 1. The zero-order chi connectivity index (χ0) is 20.3. The third-order valence-corrected chi connectivity index (χ3v) is 4.34. The van der Waals surface area contributed by atoms with Gasteiger partial charge >= 0.3 is 5.97 Å². The Morgan fingerprint density at radius 2 is 1.86 bits per heavy atom. The maximum absolute atomic E-state index is 12.9. The van der Waals surface area contributed by atoms with Gasteiger partial charge in [0, 0.05) is 42.2 Å². The van der Waals surface area contributed by atoms with Crippen LogP contribution in [0.2, 0.25) is 0 Å². The summed E-state index contributed by atoms with van der Waals surface area (Å²) in [6, 6.07) is 11.9. The minimum absolute atomic E-state index is 0.0404. The van der Waals surface area contributed by atoms with Crippen LogP contribution in [0.15, 0.2) is 59.5 Å². The Morgan fingerprint density at radius 3 is 2.57 bits per heavy atom. The lowest BCUT2D eigenvalue weighted by molar-refractivity contribution is -0.384. The predicted molar refractivity (Wildman–Crippen MR) is 102 cm³/mol. The molecular formula is C20H16N2O6. The number of aryl methyl sites for hydroxylation is 1. The molecule has 8 nitrogen and oxygen atoms in total. The van der Waals surface area contributed by atoms with Crippen molar-refractivity contribution >= 4 is 28.3 Å². The van der Waals surface area contributed by atoms with Gasteiger partial charge in [0.15, 0.2) is 5.78 Å². The highest BCUT2D eigenvalue weighted by molar-refractivity contribution is 6.10. The first-order valence-corrected chi connectivity index (χ1v) is 8.51. The van der Waals surface area contributed by atoms with Crippen molar-refractivity contribution in [2.24, 2.45) is 0 Å². The van der Waals surface area contributed by atoms with E-state index in [-0.39, 0.29) is 23.2 Å². The first-order valence-electron chi connectivity index (χ1n) is 8.51. The maximum atomic E-state index is 12.9. The number of benzene rings is 2. The number of rotatable bonds is 7. The van der Waals surface area contributed by atoms with Crippen LogP contribution in [0.1, 0.15) is 28.8 Å². The van der Waals surface area contributed by atoms with Crippen LogP contribution in [0.3, 0.4) is 0 Å². The zero-order valence-corrected chi connectivity index (χ0v) is 14.7. The number of fused-ring (bicyclic) bond motifs is 1. The molecule has 0 fully saturated rings. The van der Waals surface area contributed by atoms with Crippen molar-refractivity contribution in [2.45, 2.75) is 19.4 Å². The van der Waals surface area contributed by atoms with Crippen molar-refractivity contribution in [1.82, 2.24) is 4.57 Å². The Kier molecular flexibility index (Phi) is 5.30. The molecule has 0 unspecified atom stereocenters. The van der Waals surface area contributed by atoms with Gasteiger partial charge in [0.05, 0.1) is 16.0 Å². The fourth-order valence-electron chi connectivity index (χ4n) is 3.01. The van der Waals surface area contributed by atoms with Crippen LogP contribution < -0.4 is 5.43 Å². The summed E-state index contributed by atoms with van der Waals surface area (Å²) in [5, 5.41) is 20.1. The number of aromatic nitrogens is 1. The van der Waals surface area contributed by atoms with Gasteiger partial charge in [-0.1, -0.05) is 24.3 Å². The van der Waals surface area contributed by atoms with Gasteiger partial charge in [0.2, 0.25) is 5.43 Å². The third-order valence-electron chi connectivity index (χ3n) is 4.34. The van der Waals surface area contributed by atoms with Gasteiger partial charge in [0.1, 0.15) is 0 Å². The molecule has 142 valence electrons. The molecule has 8 heteroatoms. The van der Waals surface area contributed by atoms with Crippen molar-refractivity contribution < 1.29 is 19.6 Å². The van der Waals surface area contributed by atoms with Gasteiger partial charge in [-0.3, -0.25) is 24.5 Å². The molecule has 0 radical (unpaired) electrons. The quantitative estimate of drug-likeness (QED) is 0.382. The van der Waals surface area contributed by atoms with E-state index in [1.807, 2.05) is 0 Å². The number of carboxylic acid groups (broad SMARTS) is 1. The number of carboxylic acids is 1. The molecule has 0 aliphatic rings. The van der Waals surface area contributed by atoms with E-state index in [4.69, 9.17) is 5.11 Å². The van der Waals surface area contributed by atoms with E-state index in [1.165, 1.54) is 24.4 Å². The lowest BCUT2D eigenvalue weighted by atomic mass is 10.0. The number of para-hydroxylation sites is 1. The number of non-ortho nitro benzene ring substituents is 1. The summed E-state index contributed by atoms with van der Waals surface area (Å²) in [5.41, 5.74) is -0.198. The summed E-state index contributed by atoms with van der Waals surface area (Å²) < 4.78 is 1.67. The predicted octanol–water partition coefficient (Wildman–Crippen LogP) is 3.01. The van der Waals surface area contributed by atoms with E-state index in [2.05, 4.69) is 0 Å². The lowest BCUT2D eigenvalue weighted by Gasteiger charge is -2.13. The number of hydrogen-bond acceptors (Lipinski definition) is 5. The Hall–Kier alpha value is -3.81. The van der Waals surface area contributed by atoms with Crippen LogP contribution >= 0.6 is 0 Å². The number of nitro groups is 1. The maximum Gasteiger partial charge on any atom is 0.303 e. The number of nitrogens with zero attached hydrogens (tertiary/aromatic N) is 2. The average Bonchev–Trinajstić information content (AvgIpc) is 2.69. The molecule has 1 aromatic heterocycles. The number of hydrogen-bond donors (Lipinski definition) is 1. The van der Waals surface area contributed by atoms with Crippen LogP contribution in [-0.2, 0) is 11.3 Å². The fourth-order valence-corrected chi connectivity index (χ4v) is 3.01. The minimum Gasteiger partial charge on any atom is -0.481 e. The second-order valence-electron chi connectivity index (χ2n) is 6.22. The Balaban J connectivity index is 2.10. The van der Waals surface area contributed by atoms with Crippen LogP contribution in [0.5, 0.6) is 0 Å². The molecule has 0 saturated carbocycles. The molecule has 0 amide bonds. The van der Waals surface area contributed by atoms with Crippen LogP contribution in [0.4, 0.5) is 5.69 Å². The van der Waals surface area contributed by atoms with Crippen molar-refractivity contribution in [3.63, 3.8) is 0 Å². The van der Waals surface area contributed by atoms with Gasteiger partial charge in [-0.15, -0.1) is 0 Å². The third kappa shape index (κ3) is 3.80. The van der Waals surface area contributed by atoms with Crippen LogP contribution in [0.25, 0.3) is 10.9 Å². The second-order valence-corrected chi connectivity index (χ2v) is 6.22. The standard InChI is InChI=1S/C20H16N2O6/c23-18(24)9-4-10-21-12-16(20(26)15-7-1-2-8-17(15)21)19(25)13-5-3-6-14(11-13)22(27)28/h1-3,5-8,11-12H,4,9-10H2,(H,23,24). The normalized spacial score (nSPS) is 10.7. The summed E-state index contributed by atoms with van der Waals surface area (Å²) >= 11 is 0. The van der Waals surface area contributed by atoms with E-state index in [0.29, 0.717) is 23.9 Å². The van der Waals surface area contributed by atoms with Crippen molar-refractivity contribution in [3.05, 3.63) is 86.2 Å². The van der Waals surface area contributed by atoms with E-state index in [9.17, 15) is 24.5 Å². The molecule has 0 saturated heterocycles. The number of carbonyl (C=O) groups is 2. The molecule has 0 spiro atoms. The van der Waals surface area contributed by atoms with Gasteiger partial charge in [0.25, 0.3) is 5.69 Å². The highest BCUT2D eigenvalue weighted by Gasteiger charge is 2.19. The van der Waals surface area contributed by atoms with E-state index in [0.717, 1.165) is 6.07 Å². The Labute approximate surface area is 158 Å². The molecule has 1 N–H and O–H groups in total. The topological polar surface area (TPSA) is 120 Å². The van der Waals surface area contributed by atoms with Crippen molar-refractivity contribution in [2.75, 3.05) is 0 Å². The van der Waals surface area contributed by atoms with E-state index >= 15 is 0 Å². The summed E-state index contributed by atoms with van der Waals surface area (Å²) in [7, 11) is 0. The highest BCUT2D eigenvalue weighted by Crippen LogP contribution is 2.18. The SMILES string of the molecule is O=C(O)CCCn1cc(C(=O)c2cccc([N+](=O)[O-])c2)c(=O)c2ccccc21. The van der Waals surface area contributed by atoms with Crippen molar-refractivity contribution in [1.29, 1.82) is 0 Å². The second kappa shape index (κ2) is 7.83. The zero-order valence-electron chi connectivity index (χ0n) is 14.7. The monoisotopic (exact) mass is 380 g/mol. The molecule has 0 bridgehead atoms. The molecule has 28 heavy (non-hydrogen) atoms. The molecule has 3 rings (SSSR count). The Morgan fingerprint density at radius 1 is 1.11 bits per heavy atom. The number of ketones is 1. The van der Waals surface area contributed by atoms with Crippen LogP contribution in [-0.4, -0.2) is 26.3 Å². The highest BCUT2D eigenvalue weighted by atomic mass is 16.6. The first-order chi connectivity index (χ1) is 13.4. The Bertz CT molecular complexity index is 1150. The molecular weight excluding hydrogens is 364 g/mol. The van der Waals surface area contributed by atoms with E-state index in [1.54, 1.807) is 28.8 Å². The van der Waals surface area contributed by atoms with Crippen molar-refractivity contribution in [3.8, 4) is 0 Å². The molecule has 2 aromatic carbocycles. The van der Waals surface area contributed by atoms with Crippen LogP contribution in [0, 0.1) is 10.1 Å². The summed E-state index contributed by atoms with van der Waals surface area (Å²) in [4.78, 5) is 46.9. The molecule has 0 atom stereocenters. The van der Waals surface area contributed by atoms with Gasteiger partial charge in [-0.2, -0.15) is 0 Å². The molecule has 0 aliphatic carbocycles. The summed E-state index contributed by atoms with van der Waals surface area (Å²) in [5.74, 6) is -1.55. The van der Waals surface area contributed by atoms with Gasteiger partial charge < -0.3 is 9.67 Å². The number of aliphatic carboxylic acids is 1. The summed E-state index contributed by atoms with van der Waals surface area (Å²) in [6.07, 6.45) is 1.68. The van der Waals surface area contributed by atoms with Gasteiger partial charge in [-0.25, -0.2) is 0 Å².